The molecule has 4 aromatic carbocycles. The summed E-state index contributed by atoms with van der Waals surface area (Å²) in [5.41, 5.74) is 9.29. The Morgan fingerprint density at radius 3 is 1.57 bits per heavy atom. The van der Waals surface area contributed by atoms with E-state index in [-0.39, 0.29) is 16.9 Å². The van der Waals surface area contributed by atoms with Gasteiger partial charge in [-0.1, -0.05) is 72.3 Å². The van der Waals surface area contributed by atoms with Crippen molar-refractivity contribution in [2.24, 2.45) is 0 Å². The highest BCUT2D eigenvalue weighted by Crippen LogP contribution is 2.57. The molecule has 1 amide bonds. The third-order valence-corrected chi connectivity index (χ3v) is 17.8. The Labute approximate surface area is 453 Å². The second-order valence-corrected chi connectivity index (χ2v) is 24.4. The predicted octanol–water partition coefficient (Wildman–Crippen LogP) is 10.6. The highest BCUT2D eigenvalue weighted by atomic mass is 35.5. The lowest BCUT2D eigenvalue weighted by Crippen LogP contribution is -2.51. The van der Waals surface area contributed by atoms with Crippen molar-refractivity contribution in [3.05, 3.63) is 112 Å². The quantitative estimate of drug-likeness (QED) is 0.128. The summed E-state index contributed by atoms with van der Waals surface area (Å²) in [4.78, 5) is 46.5. The number of fused-ring (bicyclic) bond motifs is 6. The Morgan fingerprint density at radius 1 is 0.618 bits per heavy atom. The van der Waals surface area contributed by atoms with Crippen LogP contribution in [0.2, 0.25) is 5.15 Å². The van der Waals surface area contributed by atoms with E-state index in [0.717, 1.165) is 101 Å². The van der Waals surface area contributed by atoms with Crippen molar-refractivity contribution in [1.82, 2.24) is 34.6 Å². The summed E-state index contributed by atoms with van der Waals surface area (Å²) < 4.78 is 18.1. The van der Waals surface area contributed by atoms with Crippen molar-refractivity contribution >= 4 is 56.4 Å². The molecule has 5 fully saturated rings. The molecule has 400 valence electrons. The first-order chi connectivity index (χ1) is 36.6. The zero-order valence-electron chi connectivity index (χ0n) is 45.7. The van der Waals surface area contributed by atoms with Crippen LogP contribution in [0.25, 0.3) is 21.5 Å². The molecule has 7 aliphatic rings. The van der Waals surface area contributed by atoms with Crippen molar-refractivity contribution in [1.29, 1.82) is 0 Å². The molecular weight excluding hydrogens is 972 g/mol. The van der Waals surface area contributed by atoms with Crippen LogP contribution in [0.15, 0.2) is 72.8 Å². The monoisotopic (exact) mass is 1050 g/mol. The second kappa shape index (κ2) is 20.1. The van der Waals surface area contributed by atoms with Gasteiger partial charge in [0.05, 0.1) is 24.5 Å². The van der Waals surface area contributed by atoms with Gasteiger partial charge in [-0.15, -0.1) is 0 Å². The molecule has 2 spiro atoms. The van der Waals surface area contributed by atoms with Crippen LogP contribution < -0.4 is 24.2 Å². The molecule has 0 radical (unpaired) electrons. The average Bonchev–Trinajstić information content (AvgIpc) is 4.37. The molecule has 2 aliphatic carbocycles. The molecule has 0 N–H and O–H groups in total. The largest absolute Gasteiger partial charge is 0.462 e. The van der Waals surface area contributed by atoms with Crippen molar-refractivity contribution in [2.45, 2.75) is 128 Å². The molecule has 6 aromatic rings. The Morgan fingerprint density at radius 2 is 1.09 bits per heavy atom. The highest BCUT2D eigenvalue weighted by molar-refractivity contribution is 6.30. The van der Waals surface area contributed by atoms with E-state index in [1.165, 1.54) is 62.5 Å². The third kappa shape index (κ3) is 9.98. The fourth-order valence-electron chi connectivity index (χ4n) is 13.1. The van der Waals surface area contributed by atoms with E-state index in [1.54, 1.807) is 0 Å². The summed E-state index contributed by atoms with van der Waals surface area (Å²) in [6, 6.07) is 28.0. The number of carbonyl (C=O) groups is 1. The number of halogens is 1. The summed E-state index contributed by atoms with van der Waals surface area (Å²) >= 11 is 6.75. The molecule has 14 nitrogen and oxygen atoms in total. The predicted molar refractivity (Wildman–Crippen MR) is 303 cm³/mol. The number of amides is 1. The van der Waals surface area contributed by atoms with Crippen molar-refractivity contribution in [3.63, 3.8) is 0 Å². The van der Waals surface area contributed by atoms with Crippen LogP contribution in [0.1, 0.15) is 106 Å². The number of aromatic nitrogens is 4. The van der Waals surface area contributed by atoms with Crippen LogP contribution in [0, 0.1) is 13.8 Å². The zero-order valence-corrected chi connectivity index (χ0v) is 46.5. The normalized spacial score (nSPS) is 21.7. The molecule has 0 bridgehead atoms. The Kier molecular flexibility index (Phi) is 13.5. The van der Waals surface area contributed by atoms with E-state index in [2.05, 4.69) is 130 Å². The standard InChI is InChI=1S/C35H46N6O3.C26H29ClN4O/c1-24-9-6-10-25-11-7-13-28(29(24)25)41-21-27-30(35(23-41)14-15-35)31(37-32(36-27)43-22-26-12-8-16-38(26)5)39-17-19-40(20-18-39)33(42)44-34(2,3)4;1-17-6-3-7-18-8-4-10-21(22(17)18)31-14-20-23(26(16-31)11-12-26)24(27)29-25(28-20)32-15-19-9-5-13-30(19)2/h6-7,9-11,13,26H,8,12,14-23H2,1-5H3;3-4,6-8,10,19H,5,9,11-16H2,1-2H3/t26-;19-/m00/s1. The maximum Gasteiger partial charge on any atom is 0.410 e. The van der Waals surface area contributed by atoms with Gasteiger partial charge in [-0.25, -0.2) is 4.79 Å². The molecule has 3 saturated heterocycles. The molecule has 13 rings (SSSR count). The molecule has 2 saturated carbocycles. The number of likely N-dealkylation sites (N-methyl/N-ethyl adjacent to an activating group) is 2. The van der Waals surface area contributed by atoms with Crippen molar-refractivity contribution in [2.75, 3.05) is 94.4 Å². The maximum atomic E-state index is 12.8. The van der Waals surface area contributed by atoms with Crippen molar-refractivity contribution in [3.8, 4) is 12.0 Å². The molecule has 76 heavy (non-hydrogen) atoms. The first-order valence-corrected chi connectivity index (χ1v) is 28.4. The lowest BCUT2D eigenvalue weighted by Gasteiger charge is -2.41. The third-order valence-electron chi connectivity index (χ3n) is 17.5. The number of benzene rings is 4. The molecule has 2 aromatic heterocycles. The summed E-state index contributed by atoms with van der Waals surface area (Å²) in [6.07, 6.45) is 9.00. The number of hydrogen-bond acceptors (Lipinski definition) is 13. The zero-order chi connectivity index (χ0) is 52.5. The average molecular weight is 1050 g/mol. The molecule has 7 heterocycles. The Bertz CT molecular complexity index is 3150. The van der Waals surface area contributed by atoms with Gasteiger partial charge >= 0.3 is 18.1 Å². The fourth-order valence-corrected chi connectivity index (χ4v) is 13.5. The molecule has 15 heteroatoms. The fraction of sp³-hybridized carbons (Fsp3) is 0.525. The summed E-state index contributed by atoms with van der Waals surface area (Å²) in [6.45, 7) is 19.6. The van der Waals surface area contributed by atoms with E-state index >= 15 is 0 Å². The van der Waals surface area contributed by atoms with Crippen LogP contribution in [-0.4, -0.2) is 138 Å². The van der Waals surface area contributed by atoms with Crippen LogP contribution in [0.4, 0.5) is 22.0 Å². The smallest absolute Gasteiger partial charge is 0.410 e. The van der Waals surface area contributed by atoms with Crippen molar-refractivity contribution < 1.29 is 19.0 Å². The molecule has 2 atom stereocenters. The summed E-state index contributed by atoms with van der Waals surface area (Å²) in [5.74, 6) is 1.000. The van der Waals surface area contributed by atoms with Gasteiger partial charge in [0.2, 0.25) is 0 Å². The van der Waals surface area contributed by atoms with Gasteiger partial charge in [0.1, 0.15) is 29.8 Å². The van der Waals surface area contributed by atoms with Crippen LogP contribution >= 0.6 is 11.6 Å². The minimum absolute atomic E-state index is 0.0280. The van der Waals surface area contributed by atoms with Gasteiger partial charge in [0.25, 0.3) is 0 Å². The van der Waals surface area contributed by atoms with E-state index in [9.17, 15) is 4.79 Å². The summed E-state index contributed by atoms with van der Waals surface area (Å²) in [5, 5.41) is 5.78. The molecular formula is C61H75ClN10O4. The number of likely N-dealkylation sites (tertiary alicyclic amines) is 2. The SMILES string of the molecule is Cc1cccc2cccc(N3Cc4nc(OC[C@@H]5CCCN5C)nc(Cl)c4C4(CC4)C3)c12.Cc1cccc2cccc(N3Cc4nc(OC[C@@H]5CCCN5C)nc(N5CCN(C(=O)OC(C)(C)C)CC5)c4C4(CC4)C3)c12. The van der Waals surface area contributed by atoms with Crippen LogP contribution in [-0.2, 0) is 28.7 Å². The number of nitrogens with zero attached hydrogens (tertiary/aromatic N) is 10. The number of anilines is 3. The summed E-state index contributed by atoms with van der Waals surface area (Å²) in [7, 11) is 4.33. The van der Waals surface area contributed by atoms with Gasteiger partial charge in [-0.3, -0.25) is 0 Å². The number of carbonyl (C=O) groups excluding carboxylic acids is 1. The minimum Gasteiger partial charge on any atom is -0.462 e. The highest BCUT2D eigenvalue weighted by Gasteiger charge is 2.54. The molecule has 0 unspecified atom stereocenters. The number of hydrogen-bond donors (Lipinski definition) is 0. The van der Waals surface area contributed by atoms with Crippen LogP contribution in [0.3, 0.4) is 0 Å². The number of aryl methyl sites for hydroxylation is 2. The topological polar surface area (TPSA) is 116 Å². The van der Waals surface area contributed by atoms with E-state index in [0.29, 0.717) is 68.7 Å². The Hall–Kier alpha value is -5.96. The second-order valence-electron chi connectivity index (χ2n) is 24.1. The number of piperazine rings is 1. The lowest BCUT2D eigenvalue weighted by atomic mass is 9.88. The van der Waals surface area contributed by atoms with E-state index in [1.807, 2.05) is 25.7 Å². The van der Waals surface area contributed by atoms with Gasteiger partial charge in [-0.05, 0) is 147 Å². The first kappa shape index (κ1) is 50.8. The van der Waals surface area contributed by atoms with E-state index < -0.39 is 5.60 Å². The number of ether oxygens (including phenoxy) is 3. The van der Waals surface area contributed by atoms with Gasteiger partial charge in [0, 0.05) is 95.5 Å². The Balaban J connectivity index is 0.000000161. The van der Waals surface area contributed by atoms with E-state index in [4.69, 9.17) is 40.8 Å². The lowest BCUT2D eigenvalue weighted by molar-refractivity contribution is 0.0240. The maximum absolute atomic E-state index is 12.8. The van der Waals surface area contributed by atoms with Crippen LogP contribution in [0.5, 0.6) is 12.0 Å². The van der Waals surface area contributed by atoms with Gasteiger partial charge in [0.15, 0.2) is 0 Å². The molecule has 5 aliphatic heterocycles. The van der Waals surface area contributed by atoms with Gasteiger partial charge < -0.3 is 43.6 Å². The van der Waals surface area contributed by atoms with Gasteiger partial charge in [-0.2, -0.15) is 19.9 Å². The minimum atomic E-state index is -0.508. The first-order valence-electron chi connectivity index (χ1n) is 28.0. The number of rotatable bonds is 9.